The van der Waals surface area contributed by atoms with Crippen molar-refractivity contribution in [2.24, 2.45) is 0 Å². The number of hydrogen-bond acceptors (Lipinski definition) is 6. The lowest BCUT2D eigenvalue weighted by Crippen LogP contribution is -2.39. The number of aromatic nitrogens is 2. The van der Waals surface area contributed by atoms with Crippen molar-refractivity contribution in [3.8, 4) is 10.7 Å². The van der Waals surface area contributed by atoms with E-state index in [1.54, 1.807) is 4.90 Å². The molecule has 7 nitrogen and oxygen atoms in total. The molecule has 1 N–H and O–H groups in total. The third kappa shape index (κ3) is 3.89. The van der Waals surface area contributed by atoms with Crippen LogP contribution in [0.2, 0.25) is 0 Å². The van der Waals surface area contributed by atoms with Crippen molar-refractivity contribution in [1.29, 1.82) is 0 Å². The lowest BCUT2D eigenvalue weighted by Gasteiger charge is -2.29. The van der Waals surface area contributed by atoms with Gasteiger partial charge < -0.3 is 19.4 Å². The number of thiophene rings is 1. The van der Waals surface area contributed by atoms with Gasteiger partial charge >= 0.3 is 12.1 Å². The number of carbonyl (C=O) groups is 2. The maximum atomic E-state index is 13.9. The normalized spacial score (nSPS) is 14.0. The molecule has 30 heavy (non-hydrogen) atoms. The number of methoxy groups -OCH3 is 1. The van der Waals surface area contributed by atoms with Crippen molar-refractivity contribution in [1.82, 2.24) is 14.9 Å². The largest absolute Gasteiger partial charge is 0.465 e. The van der Waals surface area contributed by atoms with Gasteiger partial charge in [-0.25, -0.2) is 19.0 Å². The molecule has 0 unspecified atom stereocenters. The van der Waals surface area contributed by atoms with Crippen LogP contribution in [0.1, 0.15) is 41.6 Å². The number of ether oxygens (including phenoxy) is 2. The molecule has 9 heteroatoms. The Hall–Kier alpha value is -2.94. The van der Waals surface area contributed by atoms with Crippen LogP contribution in [-0.2, 0) is 22.4 Å². The van der Waals surface area contributed by atoms with Gasteiger partial charge in [0.1, 0.15) is 22.8 Å². The molecule has 0 spiro atoms. The van der Waals surface area contributed by atoms with E-state index in [1.807, 2.05) is 26.8 Å². The van der Waals surface area contributed by atoms with Gasteiger partial charge in [-0.05, 0) is 51.0 Å². The lowest BCUT2D eigenvalue weighted by atomic mass is 10.1. The molecule has 0 radical (unpaired) electrons. The van der Waals surface area contributed by atoms with Gasteiger partial charge in [-0.1, -0.05) is 0 Å². The maximum absolute atomic E-state index is 13.9. The van der Waals surface area contributed by atoms with Gasteiger partial charge in [0.25, 0.3) is 0 Å². The Morgan fingerprint density at radius 3 is 2.73 bits per heavy atom. The van der Waals surface area contributed by atoms with Crippen LogP contribution in [0.25, 0.3) is 21.7 Å². The number of amides is 1. The van der Waals surface area contributed by atoms with Crippen LogP contribution in [0.4, 0.5) is 9.18 Å². The fourth-order valence-electron chi connectivity index (χ4n) is 3.38. The van der Waals surface area contributed by atoms with E-state index in [9.17, 15) is 14.0 Å². The van der Waals surface area contributed by atoms with Crippen molar-refractivity contribution in [3.63, 3.8) is 0 Å². The predicted molar refractivity (Wildman–Crippen MR) is 111 cm³/mol. The molecule has 1 aliphatic heterocycles. The smallest absolute Gasteiger partial charge is 0.410 e. The van der Waals surface area contributed by atoms with E-state index in [1.165, 1.54) is 24.5 Å². The molecule has 0 bridgehead atoms. The van der Waals surface area contributed by atoms with Crippen LogP contribution >= 0.6 is 11.3 Å². The molecule has 3 heterocycles. The third-order valence-corrected chi connectivity index (χ3v) is 5.89. The van der Waals surface area contributed by atoms with Gasteiger partial charge in [0, 0.05) is 11.4 Å². The van der Waals surface area contributed by atoms with Crippen LogP contribution in [0.5, 0.6) is 0 Å². The van der Waals surface area contributed by atoms with Crippen molar-refractivity contribution in [3.05, 3.63) is 40.0 Å². The highest BCUT2D eigenvalue weighted by Crippen LogP contribution is 2.35. The van der Waals surface area contributed by atoms with Crippen molar-refractivity contribution in [2.45, 2.75) is 39.3 Å². The summed E-state index contributed by atoms with van der Waals surface area (Å²) < 4.78 is 24.1. The van der Waals surface area contributed by atoms with Crippen molar-refractivity contribution < 1.29 is 23.5 Å². The van der Waals surface area contributed by atoms with E-state index in [0.29, 0.717) is 36.4 Å². The van der Waals surface area contributed by atoms with Crippen LogP contribution in [-0.4, -0.2) is 46.2 Å². The molecule has 4 rings (SSSR count). The van der Waals surface area contributed by atoms with E-state index >= 15 is 0 Å². The number of hydrogen-bond donors (Lipinski definition) is 1. The second kappa shape index (κ2) is 7.39. The monoisotopic (exact) mass is 431 g/mol. The molecular weight excluding hydrogens is 409 g/mol. The Balaban J connectivity index is 1.64. The maximum Gasteiger partial charge on any atom is 0.410 e. The number of aromatic amines is 1. The zero-order valence-corrected chi connectivity index (χ0v) is 18.0. The van der Waals surface area contributed by atoms with E-state index in [2.05, 4.69) is 9.97 Å². The Morgan fingerprint density at radius 1 is 1.27 bits per heavy atom. The molecule has 0 saturated carbocycles. The van der Waals surface area contributed by atoms with E-state index in [0.717, 1.165) is 21.4 Å². The van der Waals surface area contributed by atoms with Gasteiger partial charge in [-0.2, -0.15) is 0 Å². The number of H-pyrrole nitrogens is 1. The van der Waals surface area contributed by atoms with E-state index in [4.69, 9.17) is 9.47 Å². The number of fused-ring (bicyclic) bond motifs is 2. The number of halogens is 1. The molecule has 1 aromatic carbocycles. The number of nitrogens with one attached hydrogen (secondary N) is 1. The second-order valence-electron chi connectivity index (χ2n) is 8.14. The summed E-state index contributed by atoms with van der Waals surface area (Å²) in [7, 11) is 1.25. The number of imidazole rings is 1. The van der Waals surface area contributed by atoms with Crippen LogP contribution in [0.15, 0.2) is 18.2 Å². The summed E-state index contributed by atoms with van der Waals surface area (Å²) in [6, 6.07) is 4.45. The highest BCUT2D eigenvalue weighted by atomic mass is 32.1. The van der Waals surface area contributed by atoms with E-state index in [-0.39, 0.29) is 11.7 Å². The SMILES string of the molecule is COC(=O)c1cc(F)cc2[nH]c(-c3cc4c(s3)CN(C(=O)OC(C)(C)C)CC4)nc12. The summed E-state index contributed by atoms with van der Waals surface area (Å²) in [5.41, 5.74) is 1.47. The number of nitrogens with zero attached hydrogens (tertiary/aromatic N) is 2. The topological polar surface area (TPSA) is 84.5 Å². The second-order valence-corrected chi connectivity index (χ2v) is 9.27. The molecule has 158 valence electrons. The molecule has 1 aliphatic rings. The summed E-state index contributed by atoms with van der Waals surface area (Å²) in [6.07, 6.45) is 0.387. The summed E-state index contributed by atoms with van der Waals surface area (Å²) in [4.78, 5) is 35.6. The number of esters is 1. The van der Waals surface area contributed by atoms with Crippen LogP contribution < -0.4 is 0 Å². The Bertz CT molecular complexity index is 1150. The molecule has 2 aromatic heterocycles. The van der Waals surface area contributed by atoms with Crippen LogP contribution in [0, 0.1) is 5.82 Å². The van der Waals surface area contributed by atoms with Crippen LogP contribution in [0.3, 0.4) is 0 Å². The summed E-state index contributed by atoms with van der Waals surface area (Å²) in [6.45, 7) is 6.58. The standard InChI is InChI=1S/C21H22FN3O4S/c1-21(2,3)29-20(27)25-6-5-11-7-15(30-16(11)10-25)18-23-14-9-12(22)8-13(17(14)24-18)19(26)28-4/h7-9H,5-6,10H2,1-4H3,(H,23,24). The minimum absolute atomic E-state index is 0.0763. The first-order chi connectivity index (χ1) is 14.1. The first-order valence-electron chi connectivity index (χ1n) is 9.52. The van der Waals surface area contributed by atoms with Gasteiger partial charge in [-0.3, -0.25) is 0 Å². The predicted octanol–water partition coefficient (Wildman–Crippen LogP) is 4.51. The van der Waals surface area contributed by atoms with E-state index < -0.39 is 17.4 Å². The van der Waals surface area contributed by atoms with Gasteiger partial charge in [0.05, 0.1) is 29.6 Å². The van der Waals surface area contributed by atoms with Gasteiger partial charge in [-0.15, -0.1) is 11.3 Å². The molecule has 0 atom stereocenters. The van der Waals surface area contributed by atoms with Crippen molar-refractivity contribution >= 4 is 34.4 Å². The minimum atomic E-state index is -0.643. The molecule has 1 amide bonds. The van der Waals surface area contributed by atoms with Gasteiger partial charge in [0.2, 0.25) is 0 Å². The zero-order valence-electron chi connectivity index (χ0n) is 17.2. The first kappa shape index (κ1) is 20.3. The Labute approximate surface area is 176 Å². The first-order valence-corrected chi connectivity index (χ1v) is 10.3. The third-order valence-electron chi connectivity index (χ3n) is 4.72. The zero-order chi connectivity index (χ0) is 21.6. The summed E-state index contributed by atoms with van der Waals surface area (Å²) in [5.74, 6) is -0.642. The average molecular weight is 431 g/mol. The molecule has 0 aliphatic carbocycles. The molecular formula is C21H22FN3O4S. The summed E-state index contributed by atoms with van der Waals surface area (Å²) in [5, 5.41) is 0. The Kier molecular flexibility index (Phi) is 5.01. The molecule has 0 fully saturated rings. The summed E-state index contributed by atoms with van der Waals surface area (Å²) >= 11 is 1.51. The van der Waals surface area contributed by atoms with Crippen molar-refractivity contribution in [2.75, 3.05) is 13.7 Å². The highest BCUT2D eigenvalue weighted by Gasteiger charge is 2.28. The number of benzene rings is 1. The number of carbonyl (C=O) groups excluding carboxylic acids is 2. The fraction of sp³-hybridized carbons (Fsp3) is 0.381. The lowest BCUT2D eigenvalue weighted by molar-refractivity contribution is 0.0226. The van der Waals surface area contributed by atoms with Gasteiger partial charge in [0.15, 0.2) is 0 Å². The Morgan fingerprint density at radius 2 is 2.03 bits per heavy atom. The number of rotatable bonds is 2. The fourth-order valence-corrected chi connectivity index (χ4v) is 4.56. The quantitative estimate of drug-likeness (QED) is 0.604. The molecule has 3 aromatic rings. The highest BCUT2D eigenvalue weighted by molar-refractivity contribution is 7.15. The molecule has 0 saturated heterocycles. The average Bonchev–Trinajstić information content (AvgIpc) is 3.28. The minimum Gasteiger partial charge on any atom is -0.465 e.